The molecular weight excluding hydrogens is 248 g/mol. The van der Waals surface area contributed by atoms with E-state index in [4.69, 9.17) is 9.84 Å². The smallest absolute Gasteiger partial charge is 0.303 e. The van der Waals surface area contributed by atoms with E-state index in [1.165, 1.54) is 0 Å². The molecule has 106 valence electrons. The molecule has 1 aromatic rings. The second-order valence-electron chi connectivity index (χ2n) is 4.66. The number of nitrogens with zero attached hydrogens (tertiary/aromatic N) is 1. The van der Waals surface area contributed by atoms with Crippen molar-refractivity contribution in [2.45, 2.75) is 45.6 Å². The highest BCUT2D eigenvalue weighted by Gasteiger charge is 2.27. The second kappa shape index (κ2) is 5.97. The van der Waals surface area contributed by atoms with Gasteiger partial charge >= 0.3 is 5.97 Å². The highest BCUT2D eigenvalue weighted by Crippen LogP contribution is 2.24. The lowest BCUT2D eigenvalue weighted by molar-refractivity contribution is -0.136. The van der Waals surface area contributed by atoms with Crippen LogP contribution in [0.2, 0.25) is 0 Å². The van der Waals surface area contributed by atoms with Crippen LogP contribution in [0.5, 0.6) is 0 Å². The Hall–Kier alpha value is -1.69. The predicted octanol–water partition coefficient (Wildman–Crippen LogP) is 1.37. The van der Waals surface area contributed by atoms with Gasteiger partial charge in [0.05, 0.1) is 0 Å². The number of nitrogens with one attached hydrogen (secondary N) is 1. The Morgan fingerprint density at radius 3 is 2.58 bits per heavy atom. The van der Waals surface area contributed by atoms with Crippen molar-refractivity contribution in [2.75, 3.05) is 7.11 Å². The van der Waals surface area contributed by atoms with Crippen molar-refractivity contribution in [1.82, 2.24) is 9.97 Å². The van der Waals surface area contributed by atoms with E-state index in [0.29, 0.717) is 23.5 Å². The molecule has 0 aliphatic heterocycles. The average molecular weight is 268 g/mol. The Morgan fingerprint density at radius 1 is 1.53 bits per heavy atom. The topological polar surface area (TPSA) is 92.3 Å². The molecule has 0 fully saturated rings. The van der Waals surface area contributed by atoms with Crippen LogP contribution in [0, 0.1) is 6.92 Å². The van der Waals surface area contributed by atoms with Crippen molar-refractivity contribution in [2.24, 2.45) is 0 Å². The zero-order chi connectivity index (χ0) is 14.6. The predicted molar refractivity (Wildman–Crippen MR) is 70.2 cm³/mol. The van der Waals surface area contributed by atoms with Gasteiger partial charge in [-0.15, -0.1) is 0 Å². The first-order valence-corrected chi connectivity index (χ1v) is 6.21. The van der Waals surface area contributed by atoms with Crippen LogP contribution in [0.25, 0.3) is 0 Å². The van der Waals surface area contributed by atoms with E-state index in [1.807, 2.05) is 13.8 Å². The summed E-state index contributed by atoms with van der Waals surface area (Å²) in [6, 6.07) is 0. The lowest BCUT2D eigenvalue weighted by Gasteiger charge is -2.25. The molecule has 0 amide bonds. The van der Waals surface area contributed by atoms with E-state index < -0.39 is 11.6 Å². The van der Waals surface area contributed by atoms with Gasteiger partial charge in [0.25, 0.3) is 5.56 Å². The number of hydrogen-bond acceptors (Lipinski definition) is 4. The summed E-state index contributed by atoms with van der Waals surface area (Å²) in [6.07, 6.45) is 0.764. The van der Waals surface area contributed by atoms with Gasteiger partial charge in [0.1, 0.15) is 11.4 Å². The molecule has 6 nitrogen and oxygen atoms in total. The maximum absolute atomic E-state index is 12.0. The third kappa shape index (κ3) is 3.41. The number of aryl methyl sites for hydroxylation is 1. The molecule has 0 aliphatic rings. The Labute approximate surface area is 111 Å². The van der Waals surface area contributed by atoms with Gasteiger partial charge in [-0.05, 0) is 26.7 Å². The fourth-order valence-corrected chi connectivity index (χ4v) is 1.80. The maximum Gasteiger partial charge on any atom is 0.303 e. The van der Waals surface area contributed by atoms with Crippen LogP contribution < -0.4 is 5.56 Å². The van der Waals surface area contributed by atoms with Gasteiger partial charge < -0.3 is 14.8 Å². The standard InChI is InChI=1S/C13H20N2O4/c1-5-13(3,19-4)12-14-8(2)9(11(18)15-12)6-7-10(16)17/h5-7H2,1-4H3,(H,16,17)(H,14,15,18). The van der Waals surface area contributed by atoms with Gasteiger partial charge in [-0.1, -0.05) is 6.92 Å². The molecule has 0 aromatic carbocycles. The average Bonchev–Trinajstić information content (AvgIpc) is 2.36. The van der Waals surface area contributed by atoms with Crippen LogP contribution in [0.4, 0.5) is 0 Å². The molecule has 1 aromatic heterocycles. The maximum atomic E-state index is 12.0. The molecule has 0 saturated heterocycles. The number of aromatic amines is 1. The molecule has 0 aliphatic carbocycles. The van der Waals surface area contributed by atoms with Crippen molar-refractivity contribution < 1.29 is 14.6 Å². The molecule has 0 spiro atoms. The Balaban J connectivity index is 3.17. The summed E-state index contributed by atoms with van der Waals surface area (Å²) in [5, 5.41) is 8.66. The highest BCUT2D eigenvalue weighted by molar-refractivity contribution is 5.67. The van der Waals surface area contributed by atoms with E-state index in [0.717, 1.165) is 0 Å². The normalized spacial score (nSPS) is 14.1. The van der Waals surface area contributed by atoms with Gasteiger partial charge in [0.2, 0.25) is 0 Å². The monoisotopic (exact) mass is 268 g/mol. The summed E-state index contributed by atoms with van der Waals surface area (Å²) in [7, 11) is 1.57. The van der Waals surface area contributed by atoms with Gasteiger partial charge in [-0.2, -0.15) is 0 Å². The Morgan fingerprint density at radius 2 is 2.16 bits per heavy atom. The van der Waals surface area contributed by atoms with Crippen molar-refractivity contribution in [3.63, 3.8) is 0 Å². The molecular formula is C13H20N2O4. The molecule has 0 saturated carbocycles. The fraction of sp³-hybridized carbons (Fsp3) is 0.615. The fourth-order valence-electron chi connectivity index (χ4n) is 1.80. The van der Waals surface area contributed by atoms with Crippen molar-refractivity contribution in [1.29, 1.82) is 0 Å². The van der Waals surface area contributed by atoms with Crippen LogP contribution in [0.1, 0.15) is 43.8 Å². The first-order valence-electron chi connectivity index (χ1n) is 6.21. The minimum Gasteiger partial charge on any atom is -0.481 e. The van der Waals surface area contributed by atoms with E-state index in [-0.39, 0.29) is 18.4 Å². The number of ether oxygens (including phenoxy) is 1. The number of aliphatic carboxylic acids is 1. The summed E-state index contributed by atoms with van der Waals surface area (Å²) in [5.41, 5.74) is 0.0350. The van der Waals surface area contributed by atoms with E-state index in [2.05, 4.69) is 9.97 Å². The molecule has 1 heterocycles. The number of methoxy groups -OCH3 is 1. The van der Waals surface area contributed by atoms with Gasteiger partial charge in [0, 0.05) is 24.8 Å². The SMILES string of the molecule is CCC(C)(OC)c1nc(C)c(CCC(=O)O)c(=O)[nH]1. The summed E-state index contributed by atoms with van der Waals surface area (Å²) in [4.78, 5) is 29.6. The third-order valence-electron chi connectivity index (χ3n) is 3.44. The number of carbonyl (C=O) groups is 1. The first kappa shape index (κ1) is 15.4. The summed E-state index contributed by atoms with van der Waals surface area (Å²) < 4.78 is 5.39. The minimum absolute atomic E-state index is 0.0831. The number of rotatable bonds is 6. The number of hydrogen-bond donors (Lipinski definition) is 2. The largest absolute Gasteiger partial charge is 0.481 e. The van der Waals surface area contributed by atoms with Crippen LogP contribution in [0.15, 0.2) is 4.79 Å². The number of carboxylic acid groups (broad SMARTS) is 1. The molecule has 1 unspecified atom stereocenters. The molecule has 6 heteroatoms. The third-order valence-corrected chi connectivity index (χ3v) is 3.44. The highest BCUT2D eigenvalue weighted by atomic mass is 16.5. The summed E-state index contributed by atoms with van der Waals surface area (Å²) >= 11 is 0. The molecule has 2 N–H and O–H groups in total. The summed E-state index contributed by atoms with van der Waals surface area (Å²) in [6.45, 7) is 5.50. The van der Waals surface area contributed by atoms with Gasteiger partial charge in [0.15, 0.2) is 0 Å². The van der Waals surface area contributed by atoms with Crippen LogP contribution in [-0.4, -0.2) is 28.2 Å². The zero-order valence-corrected chi connectivity index (χ0v) is 11.7. The first-order chi connectivity index (χ1) is 8.84. The Bertz CT molecular complexity index is 518. The molecule has 0 radical (unpaired) electrons. The Kier molecular flexibility index (Phi) is 4.83. The van der Waals surface area contributed by atoms with E-state index in [9.17, 15) is 9.59 Å². The van der Waals surface area contributed by atoms with Crippen LogP contribution >= 0.6 is 0 Å². The van der Waals surface area contributed by atoms with Crippen molar-refractivity contribution in [3.05, 3.63) is 27.4 Å². The number of carboxylic acids is 1. The molecule has 19 heavy (non-hydrogen) atoms. The molecule has 1 atom stereocenters. The van der Waals surface area contributed by atoms with Crippen LogP contribution in [-0.2, 0) is 21.6 Å². The van der Waals surface area contributed by atoms with Crippen LogP contribution in [0.3, 0.4) is 0 Å². The lowest BCUT2D eigenvalue weighted by Crippen LogP contribution is -2.31. The lowest BCUT2D eigenvalue weighted by atomic mass is 10.0. The number of aromatic nitrogens is 2. The van der Waals surface area contributed by atoms with Gasteiger partial charge in [-0.25, -0.2) is 4.98 Å². The zero-order valence-electron chi connectivity index (χ0n) is 11.7. The minimum atomic E-state index is -0.932. The summed E-state index contributed by atoms with van der Waals surface area (Å²) in [5.74, 6) is -0.461. The quantitative estimate of drug-likeness (QED) is 0.812. The van der Waals surface area contributed by atoms with Crippen molar-refractivity contribution in [3.8, 4) is 0 Å². The van der Waals surface area contributed by atoms with E-state index >= 15 is 0 Å². The van der Waals surface area contributed by atoms with Crippen molar-refractivity contribution >= 4 is 5.97 Å². The molecule has 1 rings (SSSR count). The van der Waals surface area contributed by atoms with E-state index in [1.54, 1.807) is 14.0 Å². The molecule has 0 bridgehead atoms. The number of H-pyrrole nitrogens is 1. The van der Waals surface area contributed by atoms with Gasteiger partial charge in [-0.3, -0.25) is 9.59 Å². The second-order valence-corrected chi connectivity index (χ2v) is 4.66.